The van der Waals surface area contributed by atoms with Crippen molar-refractivity contribution in [3.63, 3.8) is 0 Å². The lowest BCUT2D eigenvalue weighted by Crippen LogP contribution is -2.29. The molecule has 0 unspecified atom stereocenters. The number of carboxylic acid groups (broad SMARTS) is 1. The van der Waals surface area contributed by atoms with E-state index in [0.717, 1.165) is 12.6 Å². The molecule has 1 aromatic carbocycles. The molecule has 0 aromatic heterocycles. The first-order chi connectivity index (χ1) is 16.4. The summed E-state index contributed by atoms with van der Waals surface area (Å²) >= 11 is 0. The van der Waals surface area contributed by atoms with Crippen LogP contribution in [-0.2, 0) is 14.4 Å². The number of aldehydes is 2. The van der Waals surface area contributed by atoms with Gasteiger partial charge < -0.3 is 30.6 Å². The number of hydrogen-bond acceptors (Lipinski definition) is 6. The summed E-state index contributed by atoms with van der Waals surface area (Å²) in [7, 11) is 0. The van der Waals surface area contributed by atoms with E-state index in [2.05, 4.69) is 16.0 Å². The van der Waals surface area contributed by atoms with E-state index in [-0.39, 0.29) is 29.7 Å². The molecule has 10 nitrogen and oxygen atoms in total. The first-order valence-corrected chi connectivity index (χ1v) is 11.5. The van der Waals surface area contributed by atoms with Crippen molar-refractivity contribution in [2.24, 2.45) is 0 Å². The Labute approximate surface area is 198 Å². The predicted molar refractivity (Wildman–Crippen MR) is 125 cm³/mol. The van der Waals surface area contributed by atoms with Crippen LogP contribution in [0.5, 0.6) is 0 Å². The highest BCUT2D eigenvalue weighted by atomic mass is 16.4. The molecule has 0 bridgehead atoms. The molecule has 4 N–H and O–H groups in total. The molecule has 0 atom stereocenters. The van der Waals surface area contributed by atoms with Gasteiger partial charge in [0.25, 0.3) is 17.7 Å². The zero-order chi connectivity index (χ0) is 25.2. The predicted octanol–water partition coefficient (Wildman–Crippen LogP) is 1.87. The SMILES string of the molecule is O=CCCCCNC(=O)c1cc(C(=O)NCCCCC=O)cc(C(=O)NCCCCC(=O)O)c1. The lowest BCUT2D eigenvalue weighted by Gasteiger charge is -2.11. The van der Waals surface area contributed by atoms with Gasteiger partial charge in [-0.1, -0.05) is 0 Å². The Morgan fingerprint density at radius 2 is 0.971 bits per heavy atom. The van der Waals surface area contributed by atoms with Gasteiger partial charge in [0.1, 0.15) is 12.6 Å². The van der Waals surface area contributed by atoms with Gasteiger partial charge in [0, 0.05) is 55.6 Å². The lowest BCUT2D eigenvalue weighted by atomic mass is 10.0. The Balaban J connectivity index is 2.86. The maximum Gasteiger partial charge on any atom is 0.303 e. The zero-order valence-electron chi connectivity index (χ0n) is 19.3. The number of amides is 3. The van der Waals surface area contributed by atoms with Crippen molar-refractivity contribution in [2.75, 3.05) is 19.6 Å². The molecule has 186 valence electrons. The van der Waals surface area contributed by atoms with Gasteiger partial charge in [0.2, 0.25) is 0 Å². The van der Waals surface area contributed by atoms with Crippen molar-refractivity contribution in [3.8, 4) is 0 Å². The number of benzene rings is 1. The number of rotatable bonds is 18. The smallest absolute Gasteiger partial charge is 0.303 e. The number of aliphatic carboxylic acids is 1. The van der Waals surface area contributed by atoms with Crippen molar-refractivity contribution in [1.82, 2.24) is 16.0 Å². The third kappa shape index (κ3) is 11.9. The van der Waals surface area contributed by atoms with Crippen LogP contribution in [0.2, 0.25) is 0 Å². The minimum atomic E-state index is -0.905. The number of carbonyl (C=O) groups is 6. The Hall–Kier alpha value is -3.56. The van der Waals surface area contributed by atoms with Crippen LogP contribution in [0, 0.1) is 0 Å². The molecular formula is C24H33N3O7. The summed E-state index contributed by atoms with van der Waals surface area (Å²) in [6, 6.07) is 4.20. The van der Waals surface area contributed by atoms with E-state index >= 15 is 0 Å². The van der Waals surface area contributed by atoms with E-state index in [4.69, 9.17) is 5.11 Å². The van der Waals surface area contributed by atoms with E-state index in [9.17, 15) is 28.8 Å². The van der Waals surface area contributed by atoms with Crippen LogP contribution in [-0.4, -0.2) is 61.0 Å². The molecule has 0 saturated carbocycles. The highest BCUT2D eigenvalue weighted by Crippen LogP contribution is 2.12. The second kappa shape index (κ2) is 17.0. The number of unbranched alkanes of at least 4 members (excludes halogenated alkanes) is 5. The summed E-state index contributed by atoms with van der Waals surface area (Å²) in [5, 5.41) is 16.8. The molecule has 0 radical (unpaired) electrons. The zero-order valence-corrected chi connectivity index (χ0v) is 19.3. The van der Waals surface area contributed by atoms with Crippen LogP contribution in [0.3, 0.4) is 0 Å². The minimum Gasteiger partial charge on any atom is -0.481 e. The van der Waals surface area contributed by atoms with Crippen LogP contribution in [0.4, 0.5) is 0 Å². The molecule has 0 spiro atoms. The van der Waals surface area contributed by atoms with Crippen LogP contribution >= 0.6 is 0 Å². The molecule has 1 rings (SSSR count). The number of hydrogen-bond donors (Lipinski definition) is 4. The van der Waals surface area contributed by atoms with Crippen LogP contribution in [0.1, 0.15) is 88.9 Å². The normalized spacial score (nSPS) is 10.2. The third-order valence-corrected chi connectivity index (χ3v) is 4.89. The number of carboxylic acids is 1. The molecule has 0 aliphatic heterocycles. The van der Waals surface area contributed by atoms with Crippen LogP contribution in [0.25, 0.3) is 0 Å². The quantitative estimate of drug-likeness (QED) is 0.186. The molecule has 0 fully saturated rings. The summed E-state index contributed by atoms with van der Waals surface area (Å²) in [5.41, 5.74) is 0.443. The maximum atomic E-state index is 12.6. The summed E-state index contributed by atoms with van der Waals surface area (Å²) in [6.07, 6.45) is 5.89. The van der Waals surface area contributed by atoms with Crippen LogP contribution < -0.4 is 16.0 Å². The molecule has 0 heterocycles. The monoisotopic (exact) mass is 475 g/mol. The van der Waals surface area contributed by atoms with E-state index in [1.807, 2.05) is 0 Å². The van der Waals surface area contributed by atoms with Crippen molar-refractivity contribution in [2.45, 2.75) is 57.8 Å². The highest BCUT2D eigenvalue weighted by molar-refractivity contribution is 6.04. The molecule has 0 aliphatic rings. The molecule has 0 saturated heterocycles. The Bertz CT molecular complexity index is 807. The van der Waals surface area contributed by atoms with Gasteiger partial charge in [0.05, 0.1) is 0 Å². The molecule has 1 aromatic rings. The van der Waals surface area contributed by atoms with E-state index in [1.165, 1.54) is 18.2 Å². The first-order valence-electron chi connectivity index (χ1n) is 11.5. The van der Waals surface area contributed by atoms with Gasteiger partial charge in [-0.15, -0.1) is 0 Å². The summed E-state index contributed by atoms with van der Waals surface area (Å²) in [4.78, 5) is 69.1. The largest absolute Gasteiger partial charge is 0.481 e. The highest BCUT2D eigenvalue weighted by Gasteiger charge is 2.16. The van der Waals surface area contributed by atoms with Gasteiger partial charge in [0.15, 0.2) is 0 Å². The fraction of sp³-hybridized carbons (Fsp3) is 0.500. The molecular weight excluding hydrogens is 442 g/mol. The summed E-state index contributed by atoms with van der Waals surface area (Å²) < 4.78 is 0. The van der Waals surface area contributed by atoms with Gasteiger partial charge in [-0.25, -0.2) is 0 Å². The van der Waals surface area contributed by atoms with Gasteiger partial charge >= 0.3 is 5.97 Å². The average molecular weight is 476 g/mol. The van der Waals surface area contributed by atoms with Crippen molar-refractivity contribution < 1.29 is 33.9 Å². The second-order valence-corrected chi connectivity index (χ2v) is 7.74. The lowest BCUT2D eigenvalue weighted by molar-refractivity contribution is -0.137. The minimum absolute atomic E-state index is 0.00947. The van der Waals surface area contributed by atoms with E-state index < -0.39 is 23.7 Å². The summed E-state index contributed by atoms with van der Waals surface area (Å²) in [5.74, 6) is -2.27. The maximum absolute atomic E-state index is 12.6. The molecule has 3 amide bonds. The van der Waals surface area contributed by atoms with Gasteiger partial charge in [-0.05, 0) is 56.7 Å². The van der Waals surface area contributed by atoms with Crippen molar-refractivity contribution >= 4 is 36.3 Å². The average Bonchev–Trinajstić information content (AvgIpc) is 2.82. The molecule has 0 aliphatic carbocycles. The van der Waals surface area contributed by atoms with Gasteiger partial charge in [-0.2, -0.15) is 0 Å². The Morgan fingerprint density at radius 1 is 0.618 bits per heavy atom. The van der Waals surface area contributed by atoms with Crippen molar-refractivity contribution in [1.29, 1.82) is 0 Å². The number of carbonyl (C=O) groups excluding carboxylic acids is 5. The third-order valence-electron chi connectivity index (χ3n) is 4.89. The second-order valence-electron chi connectivity index (χ2n) is 7.74. The molecule has 10 heteroatoms. The Kier molecular flexibility index (Phi) is 14.2. The van der Waals surface area contributed by atoms with E-state index in [0.29, 0.717) is 64.5 Å². The van der Waals surface area contributed by atoms with Gasteiger partial charge in [-0.3, -0.25) is 19.2 Å². The number of nitrogens with one attached hydrogen (secondary N) is 3. The first kappa shape index (κ1) is 28.5. The van der Waals surface area contributed by atoms with Crippen molar-refractivity contribution in [3.05, 3.63) is 34.9 Å². The topological polar surface area (TPSA) is 159 Å². The fourth-order valence-corrected chi connectivity index (χ4v) is 3.04. The van der Waals surface area contributed by atoms with E-state index in [1.54, 1.807) is 0 Å². The standard InChI is InChI=1S/C24H33N3O7/c28-13-7-1-4-10-25-22(32)18-15-19(23(33)26-11-5-2-8-14-29)17-20(16-18)24(34)27-12-6-3-9-21(30)31/h13-17H,1-12H2,(H,25,32)(H,26,33)(H,27,34)(H,30,31). The Morgan fingerprint density at radius 3 is 1.29 bits per heavy atom. The molecule has 34 heavy (non-hydrogen) atoms. The fourth-order valence-electron chi connectivity index (χ4n) is 3.04. The van der Waals surface area contributed by atoms with Crippen LogP contribution in [0.15, 0.2) is 18.2 Å². The summed E-state index contributed by atoms with van der Waals surface area (Å²) in [6.45, 7) is 0.966.